The monoisotopic (exact) mass is 486 g/mol. The number of hydrogen-bond donors (Lipinski definition) is 2. The second-order valence-electron chi connectivity index (χ2n) is 7.27. The standard InChI is InChI=1S/C23H26N4O4S2/c1-6-31-22(30)18-15(4)19(20(29)24-5)33-21(18)26-17(28)12-32-23-25-9-10-27(23)16-8-7-13(2)11-14(16)3/h7-11H,6,12H2,1-5H3,(H,24,29)(H,26,28). The third kappa shape index (κ3) is 5.45. The van der Waals surface area contributed by atoms with Crippen molar-refractivity contribution in [1.29, 1.82) is 0 Å². The number of imidazole rings is 1. The number of ether oxygens (including phenoxy) is 1. The predicted octanol–water partition coefficient (Wildman–Crippen LogP) is 4.13. The Kier molecular flexibility index (Phi) is 7.93. The smallest absolute Gasteiger partial charge is 0.341 e. The zero-order valence-electron chi connectivity index (χ0n) is 19.1. The number of esters is 1. The molecule has 2 amide bonds. The van der Waals surface area contributed by atoms with Gasteiger partial charge in [0.15, 0.2) is 5.16 Å². The van der Waals surface area contributed by atoms with Gasteiger partial charge in [0.1, 0.15) is 5.00 Å². The van der Waals surface area contributed by atoms with Crippen LogP contribution in [0.2, 0.25) is 0 Å². The molecule has 0 aliphatic rings. The van der Waals surface area contributed by atoms with Crippen molar-refractivity contribution in [3.63, 3.8) is 0 Å². The number of benzene rings is 1. The lowest BCUT2D eigenvalue weighted by Crippen LogP contribution is -2.18. The third-order valence-electron chi connectivity index (χ3n) is 4.86. The van der Waals surface area contributed by atoms with E-state index >= 15 is 0 Å². The lowest BCUT2D eigenvalue weighted by atomic mass is 10.1. The number of hydrogen-bond acceptors (Lipinski definition) is 7. The first kappa shape index (κ1) is 24.5. The summed E-state index contributed by atoms with van der Waals surface area (Å²) in [5.74, 6) is -1.13. The van der Waals surface area contributed by atoms with Crippen LogP contribution >= 0.6 is 23.1 Å². The quantitative estimate of drug-likeness (QED) is 0.367. The summed E-state index contributed by atoms with van der Waals surface area (Å²) in [5, 5.41) is 6.30. The Hall–Kier alpha value is -3.11. The van der Waals surface area contributed by atoms with Crippen molar-refractivity contribution in [3.05, 3.63) is 57.7 Å². The van der Waals surface area contributed by atoms with Gasteiger partial charge >= 0.3 is 5.97 Å². The van der Waals surface area contributed by atoms with E-state index < -0.39 is 5.97 Å². The van der Waals surface area contributed by atoms with Crippen LogP contribution in [0.1, 0.15) is 43.6 Å². The van der Waals surface area contributed by atoms with Gasteiger partial charge in [0.25, 0.3) is 5.91 Å². The van der Waals surface area contributed by atoms with Crippen molar-refractivity contribution in [3.8, 4) is 5.69 Å². The van der Waals surface area contributed by atoms with Crippen molar-refractivity contribution < 1.29 is 19.1 Å². The van der Waals surface area contributed by atoms with E-state index in [2.05, 4.69) is 21.7 Å². The maximum absolute atomic E-state index is 12.7. The zero-order chi connectivity index (χ0) is 24.1. The van der Waals surface area contributed by atoms with Gasteiger partial charge in [0.2, 0.25) is 5.91 Å². The number of aromatic nitrogens is 2. The molecule has 2 N–H and O–H groups in total. The van der Waals surface area contributed by atoms with E-state index in [-0.39, 0.29) is 29.7 Å². The van der Waals surface area contributed by atoms with Crippen LogP contribution in [0.5, 0.6) is 0 Å². The maximum Gasteiger partial charge on any atom is 0.341 e. The summed E-state index contributed by atoms with van der Waals surface area (Å²) < 4.78 is 7.07. The molecule has 3 rings (SSSR count). The van der Waals surface area contributed by atoms with Crippen LogP contribution < -0.4 is 10.6 Å². The third-order valence-corrected chi connectivity index (χ3v) is 7.04. The fraction of sp³-hybridized carbons (Fsp3) is 0.304. The first-order valence-corrected chi connectivity index (χ1v) is 12.1. The number of nitrogens with zero attached hydrogens (tertiary/aromatic N) is 2. The molecule has 0 aliphatic carbocycles. The van der Waals surface area contributed by atoms with Gasteiger partial charge in [-0.25, -0.2) is 9.78 Å². The molecule has 3 aromatic rings. The molecule has 8 nitrogen and oxygen atoms in total. The summed E-state index contributed by atoms with van der Waals surface area (Å²) in [6.45, 7) is 7.62. The summed E-state index contributed by atoms with van der Waals surface area (Å²) >= 11 is 2.34. The van der Waals surface area contributed by atoms with Crippen LogP contribution in [-0.2, 0) is 9.53 Å². The van der Waals surface area contributed by atoms with Gasteiger partial charge in [-0.3, -0.25) is 14.2 Å². The Morgan fingerprint density at radius 2 is 1.97 bits per heavy atom. The van der Waals surface area contributed by atoms with Crippen molar-refractivity contribution >= 4 is 45.9 Å². The molecule has 0 fully saturated rings. The number of nitrogens with one attached hydrogen (secondary N) is 2. The van der Waals surface area contributed by atoms with Crippen LogP contribution in [-0.4, -0.2) is 46.7 Å². The number of carbonyl (C=O) groups excluding carboxylic acids is 3. The van der Waals surface area contributed by atoms with Crippen LogP contribution in [0.4, 0.5) is 5.00 Å². The second kappa shape index (κ2) is 10.7. The van der Waals surface area contributed by atoms with Gasteiger partial charge in [-0.15, -0.1) is 11.3 Å². The molecule has 2 aromatic heterocycles. The van der Waals surface area contributed by atoms with Crippen LogP contribution in [0.25, 0.3) is 5.69 Å². The molecular weight excluding hydrogens is 460 g/mol. The van der Waals surface area contributed by atoms with Crippen molar-refractivity contribution in [2.45, 2.75) is 32.9 Å². The van der Waals surface area contributed by atoms with Crippen LogP contribution in [0, 0.1) is 20.8 Å². The van der Waals surface area contributed by atoms with E-state index in [1.165, 1.54) is 24.4 Å². The van der Waals surface area contributed by atoms with Gasteiger partial charge in [-0.1, -0.05) is 29.5 Å². The Labute approximate surface area is 200 Å². The number of thioether (sulfide) groups is 1. The molecule has 1 aromatic carbocycles. The Morgan fingerprint density at radius 1 is 1.21 bits per heavy atom. The van der Waals surface area contributed by atoms with E-state index in [4.69, 9.17) is 4.74 Å². The van der Waals surface area contributed by atoms with Crippen molar-refractivity contribution in [1.82, 2.24) is 14.9 Å². The molecule has 0 unspecified atom stereocenters. The highest BCUT2D eigenvalue weighted by Gasteiger charge is 2.26. The molecule has 0 aliphatic heterocycles. The first-order chi connectivity index (χ1) is 15.8. The van der Waals surface area contributed by atoms with Gasteiger partial charge in [-0.2, -0.15) is 0 Å². The van der Waals surface area contributed by atoms with Gasteiger partial charge < -0.3 is 15.4 Å². The van der Waals surface area contributed by atoms with Gasteiger partial charge in [0, 0.05) is 19.4 Å². The van der Waals surface area contributed by atoms with E-state index in [1.807, 2.05) is 36.7 Å². The van der Waals surface area contributed by atoms with Crippen LogP contribution in [0.15, 0.2) is 35.7 Å². The summed E-state index contributed by atoms with van der Waals surface area (Å²) in [5.41, 5.74) is 3.95. The molecule has 33 heavy (non-hydrogen) atoms. The number of carbonyl (C=O) groups is 3. The first-order valence-electron chi connectivity index (χ1n) is 10.3. The number of anilines is 1. The van der Waals surface area contributed by atoms with Crippen molar-refractivity contribution in [2.75, 3.05) is 24.7 Å². The molecule has 0 spiro atoms. The Morgan fingerprint density at radius 3 is 2.64 bits per heavy atom. The topological polar surface area (TPSA) is 102 Å². The van der Waals surface area contributed by atoms with E-state index in [0.717, 1.165) is 22.6 Å². The highest BCUT2D eigenvalue weighted by Crippen LogP contribution is 2.34. The van der Waals surface area contributed by atoms with Crippen LogP contribution in [0.3, 0.4) is 0 Å². The number of rotatable bonds is 8. The number of aryl methyl sites for hydroxylation is 2. The summed E-state index contributed by atoms with van der Waals surface area (Å²) in [6.07, 6.45) is 3.55. The largest absolute Gasteiger partial charge is 0.462 e. The minimum atomic E-state index is -0.574. The summed E-state index contributed by atoms with van der Waals surface area (Å²) in [6, 6.07) is 6.15. The Bertz CT molecular complexity index is 1200. The van der Waals surface area contributed by atoms with E-state index in [9.17, 15) is 14.4 Å². The molecule has 2 heterocycles. The highest BCUT2D eigenvalue weighted by molar-refractivity contribution is 7.99. The summed E-state index contributed by atoms with van der Waals surface area (Å²) in [4.78, 5) is 42.1. The number of amides is 2. The molecule has 0 bridgehead atoms. The molecule has 174 valence electrons. The molecule has 0 saturated heterocycles. The SMILES string of the molecule is CCOC(=O)c1c(NC(=O)CSc2nccn2-c2ccc(C)cc2C)sc(C(=O)NC)c1C. The molecular formula is C23H26N4O4S2. The van der Waals surface area contributed by atoms with E-state index in [0.29, 0.717) is 20.6 Å². The zero-order valence-corrected chi connectivity index (χ0v) is 20.8. The maximum atomic E-state index is 12.7. The minimum absolute atomic E-state index is 0.0798. The number of thiophene rings is 1. The highest BCUT2D eigenvalue weighted by atomic mass is 32.2. The van der Waals surface area contributed by atoms with Crippen molar-refractivity contribution in [2.24, 2.45) is 0 Å². The van der Waals surface area contributed by atoms with Gasteiger partial charge in [-0.05, 0) is 44.9 Å². The molecule has 0 radical (unpaired) electrons. The molecule has 0 saturated carbocycles. The Balaban J connectivity index is 1.78. The fourth-order valence-corrected chi connectivity index (χ4v) is 5.25. The molecule has 10 heteroatoms. The van der Waals surface area contributed by atoms with Gasteiger partial charge in [0.05, 0.1) is 28.5 Å². The second-order valence-corrected chi connectivity index (χ2v) is 9.23. The normalized spacial score (nSPS) is 10.7. The van der Waals surface area contributed by atoms with E-state index in [1.54, 1.807) is 20.0 Å². The average molecular weight is 487 g/mol. The summed E-state index contributed by atoms with van der Waals surface area (Å²) in [7, 11) is 1.51. The fourth-order valence-electron chi connectivity index (χ4n) is 3.33. The molecule has 0 atom stereocenters. The lowest BCUT2D eigenvalue weighted by molar-refractivity contribution is -0.113. The lowest BCUT2D eigenvalue weighted by Gasteiger charge is -2.11. The predicted molar refractivity (Wildman–Crippen MR) is 131 cm³/mol. The average Bonchev–Trinajstić information content (AvgIpc) is 3.36. The minimum Gasteiger partial charge on any atom is -0.462 e.